The molecular formula is C25H28N4O. The Hall–Kier alpha value is -3.02. The molecule has 0 unspecified atom stereocenters. The van der Waals surface area contributed by atoms with Crippen molar-refractivity contribution in [3.05, 3.63) is 83.9 Å². The summed E-state index contributed by atoms with van der Waals surface area (Å²) in [5, 5.41) is 6.69. The first-order chi connectivity index (χ1) is 14.7. The molecule has 3 aromatic rings. The molecular weight excluding hydrogens is 372 g/mol. The standard InChI is InChI=1S/C25H28N4O/c1-20(23-12-11-22-9-5-6-10-24(22)17-23)26-27-25(30)19-29-15-13-28(14-16-29)18-21-7-3-2-4-8-21/h2-12,17H,13-16,18-19H2,1H3,(H,27,30)/b26-20+. The fourth-order valence-corrected chi connectivity index (χ4v) is 3.81. The average Bonchev–Trinajstić information content (AvgIpc) is 2.79. The molecule has 1 heterocycles. The second-order valence-corrected chi connectivity index (χ2v) is 7.83. The van der Waals surface area contributed by atoms with Crippen LogP contribution in [0.25, 0.3) is 10.8 Å². The summed E-state index contributed by atoms with van der Waals surface area (Å²) in [7, 11) is 0. The molecule has 3 aromatic carbocycles. The largest absolute Gasteiger partial charge is 0.297 e. The smallest absolute Gasteiger partial charge is 0.254 e. The van der Waals surface area contributed by atoms with E-state index < -0.39 is 0 Å². The van der Waals surface area contributed by atoms with Crippen LogP contribution in [0, 0.1) is 0 Å². The Kier molecular flexibility index (Phi) is 6.52. The fraction of sp³-hybridized carbons (Fsp3) is 0.280. The van der Waals surface area contributed by atoms with Crippen molar-refractivity contribution >= 4 is 22.4 Å². The Morgan fingerprint density at radius 3 is 2.30 bits per heavy atom. The molecule has 0 spiro atoms. The highest BCUT2D eigenvalue weighted by atomic mass is 16.2. The Labute approximate surface area is 178 Å². The van der Waals surface area contributed by atoms with Gasteiger partial charge in [0.15, 0.2) is 0 Å². The van der Waals surface area contributed by atoms with Crippen molar-refractivity contribution in [2.45, 2.75) is 13.5 Å². The van der Waals surface area contributed by atoms with Crippen LogP contribution in [-0.2, 0) is 11.3 Å². The molecule has 0 aliphatic carbocycles. The molecule has 5 nitrogen and oxygen atoms in total. The van der Waals surface area contributed by atoms with Crippen LogP contribution in [0.4, 0.5) is 0 Å². The number of hydrazone groups is 1. The quantitative estimate of drug-likeness (QED) is 0.509. The summed E-state index contributed by atoms with van der Waals surface area (Å²) < 4.78 is 0. The molecule has 0 bridgehead atoms. The van der Waals surface area contributed by atoms with E-state index in [9.17, 15) is 4.79 Å². The minimum atomic E-state index is -0.0633. The van der Waals surface area contributed by atoms with Crippen molar-refractivity contribution in [3.8, 4) is 0 Å². The molecule has 30 heavy (non-hydrogen) atoms. The van der Waals surface area contributed by atoms with Crippen molar-refractivity contribution in [1.82, 2.24) is 15.2 Å². The molecule has 0 radical (unpaired) electrons. The first-order valence-electron chi connectivity index (χ1n) is 10.5. The Morgan fingerprint density at radius 2 is 1.53 bits per heavy atom. The van der Waals surface area contributed by atoms with E-state index in [4.69, 9.17) is 0 Å². The van der Waals surface area contributed by atoms with Gasteiger partial charge >= 0.3 is 0 Å². The van der Waals surface area contributed by atoms with Crippen molar-refractivity contribution < 1.29 is 4.79 Å². The third-order valence-electron chi connectivity index (χ3n) is 5.60. The summed E-state index contributed by atoms with van der Waals surface area (Å²) in [6, 6.07) is 25.0. The average molecular weight is 401 g/mol. The van der Waals surface area contributed by atoms with E-state index in [-0.39, 0.29) is 5.91 Å². The van der Waals surface area contributed by atoms with Gasteiger partial charge in [-0.1, -0.05) is 66.7 Å². The van der Waals surface area contributed by atoms with E-state index in [0.29, 0.717) is 6.54 Å². The van der Waals surface area contributed by atoms with Crippen molar-refractivity contribution in [3.63, 3.8) is 0 Å². The topological polar surface area (TPSA) is 47.9 Å². The number of amides is 1. The van der Waals surface area contributed by atoms with Crippen LogP contribution in [0.3, 0.4) is 0 Å². The lowest BCUT2D eigenvalue weighted by molar-refractivity contribution is -0.122. The van der Waals surface area contributed by atoms with Gasteiger partial charge in [0.1, 0.15) is 0 Å². The highest BCUT2D eigenvalue weighted by Gasteiger charge is 2.18. The van der Waals surface area contributed by atoms with Gasteiger partial charge in [-0.05, 0) is 34.9 Å². The zero-order valence-electron chi connectivity index (χ0n) is 17.4. The minimum Gasteiger partial charge on any atom is -0.297 e. The maximum atomic E-state index is 12.4. The molecule has 154 valence electrons. The number of hydrogen-bond acceptors (Lipinski definition) is 4. The van der Waals surface area contributed by atoms with Crippen LogP contribution in [0.2, 0.25) is 0 Å². The van der Waals surface area contributed by atoms with E-state index in [1.165, 1.54) is 16.3 Å². The molecule has 1 amide bonds. The molecule has 0 saturated carbocycles. The normalized spacial score (nSPS) is 16.0. The maximum absolute atomic E-state index is 12.4. The molecule has 1 aliphatic heterocycles. The summed E-state index contributed by atoms with van der Waals surface area (Å²) in [5.74, 6) is -0.0633. The van der Waals surface area contributed by atoms with Crippen LogP contribution in [0.1, 0.15) is 18.1 Å². The zero-order valence-corrected chi connectivity index (χ0v) is 17.4. The van der Waals surface area contributed by atoms with Gasteiger partial charge in [0.05, 0.1) is 12.3 Å². The van der Waals surface area contributed by atoms with Crippen molar-refractivity contribution in [1.29, 1.82) is 0 Å². The number of fused-ring (bicyclic) bond motifs is 1. The lowest BCUT2D eigenvalue weighted by atomic mass is 10.0. The highest BCUT2D eigenvalue weighted by Crippen LogP contribution is 2.16. The van der Waals surface area contributed by atoms with Crippen LogP contribution in [-0.4, -0.2) is 54.1 Å². The summed E-state index contributed by atoms with van der Waals surface area (Å²) in [6.45, 7) is 7.01. The van der Waals surface area contributed by atoms with Crippen molar-refractivity contribution in [2.75, 3.05) is 32.7 Å². The number of nitrogens with zero attached hydrogens (tertiary/aromatic N) is 3. The van der Waals surface area contributed by atoms with Gasteiger partial charge in [-0.15, -0.1) is 0 Å². The van der Waals surface area contributed by atoms with E-state index in [1.54, 1.807) is 0 Å². The van der Waals surface area contributed by atoms with E-state index >= 15 is 0 Å². The zero-order chi connectivity index (χ0) is 20.8. The number of benzene rings is 3. The predicted molar refractivity (Wildman–Crippen MR) is 122 cm³/mol. The SMILES string of the molecule is C/C(=N\NC(=O)CN1CCN(Cc2ccccc2)CC1)c1ccc2ccccc2c1. The van der Waals surface area contributed by atoms with Crippen LogP contribution in [0.15, 0.2) is 77.9 Å². The van der Waals surface area contributed by atoms with Gasteiger partial charge in [0.2, 0.25) is 0 Å². The molecule has 1 saturated heterocycles. The van der Waals surface area contributed by atoms with Crippen LogP contribution >= 0.6 is 0 Å². The second kappa shape index (κ2) is 9.65. The number of carbonyl (C=O) groups excluding carboxylic acids is 1. The number of rotatable bonds is 6. The first kappa shape index (κ1) is 20.3. The van der Waals surface area contributed by atoms with E-state index in [2.05, 4.69) is 68.9 Å². The van der Waals surface area contributed by atoms with Gasteiger partial charge < -0.3 is 0 Å². The summed E-state index contributed by atoms with van der Waals surface area (Å²) in [5.41, 5.74) is 5.88. The monoisotopic (exact) mass is 400 g/mol. The highest BCUT2D eigenvalue weighted by molar-refractivity contribution is 6.02. The van der Waals surface area contributed by atoms with E-state index in [0.717, 1.165) is 44.0 Å². The van der Waals surface area contributed by atoms with Gasteiger partial charge in [-0.25, -0.2) is 5.43 Å². The van der Waals surface area contributed by atoms with Gasteiger partial charge in [-0.2, -0.15) is 5.10 Å². The van der Waals surface area contributed by atoms with Gasteiger partial charge in [0, 0.05) is 32.7 Å². The lowest BCUT2D eigenvalue weighted by Crippen LogP contribution is -2.48. The maximum Gasteiger partial charge on any atom is 0.254 e. The molecule has 1 aliphatic rings. The Bertz CT molecular complexity index is 1020. The third-order valence-corrected chi connectivity index (χ3v) is 5.60. The lowest BCUT2D eigenvalue weighted by Gasteiger charge is -2.34. The summed E-state index contributed by atoms with van der Waals surface area (Å²) >= 11 is 0. The number of piperazine rings is 1. The molecule has 4 rings (SSSR count). The van der Waals surface area contributed by atoms with Crippen molar-refractivity contribution in [2.24, 2.45) is 5.10 Å². The van der Waals surface area contributed by atoms with Gasteiger partial charge in [-0.3, -0.25) is 14.6 Å². The van der Waals surface area contributed by atoms with Crippen LogP contribution < -0.4 is 5.43 Å². The second-order valence-electron chi connectivity index (χ2n) is 7.83. The van der Waals surface area contributed by atoms with E-state index in [1.807, 2.05) is 31.2 Å². The number of nitrogens with one attached hydrogen (secondary N) is 1. The molecule has 1 fully saturated rings. The summed E-state index contributed by atoms with van der Waals surface area (Å²) in [6.07, 6.45) is 0. The Balaban J connectivity index is 1.25. The number of carbonyl (C=O) groups is 1. The van der Waals surface area contributed by atoms with Crippen LogP contribution in [0.5, 0.6) is 0 Å². The Morgan fingerprint density at radius 1 is 0.867 bits per heavy atom. The van der Waals surface area contributed by atoms with Gasteiger partial charge in [0.25, 0.3) is 5.91 Å². The molecule has 0 atom stereocenters. The summed E-state index contributed by atoms with van der Waals surface area (Å²) in [4.78, 5) is 17.0. The minimum absolute atomic E-state index is 0.0633. The molecule has 0 aromatic heterocycles. The predicted octanol–water partition coefficient (Wildman–Crippen LogP) is 3.50. The molecule has 5 heteroatoms. The fourth-order valence-electron chi connectivity index (χ4n) is 3.81. The number of hydrogen-bond donors (Lipinski definition) is 1. The third kappa shape index (κ3) is 5.32. The molecule has 1 N–H and O–H groups in total. The first-order valence-corrected chi connectivity index (χ1v) is 10.5.